The molecule has 102 valence electrons. The van der Waals surface area contributed by atoms with Crippen molar-refractivity contribution in [1.29, 1.82) is 0 Å². The van der Waals surface area contributed by atoms with Crippen LogP contribution in [-0.2, 0) is 0 Å². The molecule has 0 saturated heterocycles. The number of hydrogen-bond donors (Lipinski definition) is 2. The predicted octanol–water partition coefficient (Wildman–Crippen LogP) is 3.14. The minimum Gasteiger partial charge on any atom is -0.459 e. The molecule has 0 amide bonds. The summed E-state index contributed by atoms with van der Waals surface area (Å²) >= 11 is 3.18. The number of halogens is 1. The molecule has 0 aliphatic carbocycles. The highest BCUT2D eigenvalue weighted by Crippen LogP contribution is 2.25. The van der Waals surface area contributed by atoms with Gasteiger partial charge < -0.3 is 15.5 Å². The maximum Gasteiger partial charge on any atom is 0.229 e. The average Bonchev–Trinajstić information content (AvgIpc) is 2.81. The second kappa shape index (κ2) is 5.09. The number of para-hydroxylation sites is 1. The van der Waals surface area contributed by atoms with Gasteiger partial charge in [0.1, 0.15) is 11.3 Å². The van der Waals surface area contributed by atoms with E-state index in [0.717, 1.165) is 16.7 Å². The SMILES string of the molecule is CC(Nc1nc(N)nc(Br)n1)c1cc2ccccc2o1. The van der Waals surface area contributed by atoms with Crippen LogP contribution in [0.25, 0.3) is 11.0 Å². The van der Waals surface area contributed by atoms with Gasteiger partial charge in [-0.15, -0.1) is 0 Å². The quantitative estimate of drug-likeness (QED) is 0.765. The van der Waals surface area contributed by atoms with Crippen molar-refractivity contribution in [2.24, 2.45) is 0 Å². The van der Waals surface area contributed by atoms with Gasteiger partial charge in [0, 0.05) is 5.39 Å². The van der Waals surface area contributed by atoms with E-state index in [0.29, 0.717) is 10.7 Å². The molecule has 0 radical (unpaired) electrons. The Morgan fingerprint density at radius 2 is 2.05 bits per heavy atom. The largest absolute Gasteiger partial charge is 0.459 e. The first-order valence-electron chi connectivity index (χ1n) is 6.04. The van der Waals surface area contributed by atoms with Crippen LogP contribution in [0.1, 0.15) is 18.7 Å². The van der Waals surface area contributed by atoms with E-state index in [9.17, 15) is 0 Å². The number of furan rings is 1. The number of rotatable bonds is 3. The molecule has 6 nitrogen and oxygen atoms in total. The summed E-state index contributed by atoms with van der Waals surface area (Å²) < 4.78 is 6.18. The van der Waals surface area contributed by atoms with Crippen molar-refractivity contribution < 1.29 is 4.42 Å². The average molecular weight is 334 g/mol. The van der Waals surface area contributed by atoms with Gasteiger partial charge in [0.05, 0.1) is 6.04 Å². The zero-order chi connectivity index (χ0) is 14.1. The van der Waals surface area contributed by atoms with Gasteiger partial charge in [-0.2, -0.15) is 15.0 Å². The van der Waals surface area contributed by atoms with Gasteiger partial charge in [0.2, 0.25) is 16.6 Å². The molecule has 3 aromatic rings. The monoisotopic (exact) mass is 333 g/mol. The summed E-state index contributed by atoms with van der Waals surface area (Å²) in [6, 6.07) is 9.76. The van der Waals surface area contributed by atoms with Crippen molar-refractivity contribution in [2.75, 3.05) is 11.1 Å². The number of aromatic nitrogens is 3. The van der Waals surface area contributed by atoms with E-state index >= 15 is 0 Å². The number of nitrogens with two attached hydrogens (primary N) is 1. The fraction of sp³-hybridized carbons (Fsp3) is 0.154. The van der Waals surface area contributed by atoms with E-state index in [2.05, 4.69) is 36.2 Å². The maximum atomic E-state index is 5.79. The Morgan fingerprint density at radius 1 is 1.25 bits per heavy atom. The lowest BCUT2D eigenvalue weighted by molar-refractivity contribution is 0.524. The van der Waals surface area contributed by atoms with Gasteiger partial charge in [0.25, 0.3) is 0 Å². The molecule has 1 atom stereocenters. The van der Waals surface area contributed by atoms with Crippen LogP contribution in [0, 0.1) is 0 Å². The lowest BCUT2D eigenvalue weighted by atomic mass is 10.2. The number of nitrogens with zero attached hydrogens (tertiary/aromatic N) is 3. The van der Waals surface area contributed by atoms with Crippen molar-refractivity contribution >= 4 is 38.8 Å². The van der Waals surface area contributed by atoms with E-state index in [-0.39, 0.29) is 12.0 Å². The molecule has 2 aromatic heterocycles. The third-order valence-electron chi connectivity index (χ3n) is 2.84. The first-order chi connectivity index (χ1) is 9.61. The third-order valence-corrected chi connectivity index (χ3v) is 3.20. The molecule has 2 heterocycles. The van der Waals surface area contributed by atoms with Crippen LogP contribution >= 0.6 is 15.9 Å². The van der Waals surface area contributed by atoms with Crippen molar-refractivity contribution in [1.82, 2.24) is 15.0 Å². The van der Waals surface area contributed by atoms with Gasteiger partial charge in [-0.05, 0) is 35.0 Å². The molecule has 0 spiro atoms. The summed E-state index contributed by atoms with van der Waals surface area (Å²) in [5.41, 5.74) is 6.43. The van der Waals surface area contributed by atoms with Gasteiger partial charge in [-0.1, -0.05) is 18.2 Å². The Bertz CT molecular complexity index is 704. The van der Waals surface area contributed by atoms with E-state index in [1.807, 2.05) is 37.3 Å². The second-order valence-electron chi connectivity index (χ2n) is 4.34. The summed E-state index contributed by atoms with van der Waals surface area (Å²) in [6.07, 6.45) is 0. The van der Waals surface area contributed by atoms with Crippen LogP contribution in [0.4, 0.5) is 11.9 Å². The molecule has 0 bridgehead atoms. The first-order valence-corrected chi connectivity index (χ1v) is 6.83. The van der Waals surface area contributed by atoms with Crippen molar-refractivity contribution in [2.45, 2.75) is 13.0 Å². The van der Waals surface area contributed by atoms with E-state index in [4.69, 9.17) is 10.2 Å². The number of fused-ring (bicyclic) bond motifs is 1. The zero-order valence-electron chi connectivity index (χ0n) is 10.7. The van der Waals surface area contributed by atoms with Crippen molar-refractivity contribution in [3.8, 4) is 0 Å². The summed E-state index contributed by atoms with van der Waals surface area (Å²) in [6.45, 7) is 1.96. The Balaban J connectivity index is 1.86. The maximum absolute atomic E-state index is 5.79. The Labute approximate surface area is 123 Å². The highest BCUT2D eigenvalue weighted by molar-refractivity contribution is 9.10. The predicted molar refractivity (Wildman–Crippen MR) is 80.2 cm³/mol. The van der Waals surface area contributed by atoms with Gasteiger partial charge in [0.15, 0.2) is 0 Å². The molecule has 0 aliphatic rings. The number of hydrogen-bond acceptors (Lipinski definition) is 6. The summed E-state index contributed by atoms with van der Waals surface area (Å²) in [5, 5.41) is 4.20. The van der Waals surface area contributed by atoms with Crippen LogP contribution in [0.3, 0.4) is 0 Å². The van der Waals surface area contributed by atoms with E-state index in [1.165, 1.54) is 0 Å². The molecule has 3 N–H and O–H groups in total. The number of benzene rings is 1. The molecule has 7 heteroatoms. The zero-order valence-corrected chi connectivity index (χ0v) is 12.3. The van der Waals surface area contributed by atoms with Gasteiger partial charge in [-0.25, -0.2) is 0 Å². The van der Waals surface area contributed by atoms with Crippen LogP contribution in [-0.4, -0.2) is 15.0 Å². The summed E-state index contributed by atoms with van der Waals surface area (Å²) in [4.78, 5) is 12.0. The first kappa shape index (κ1) is 12.9. The van der Waals surface area contributed by atoms with E-state index in [1.54, 1.807) is 0 Å². The summed E-state index contributed by atoms with van der Waals surface area (Å²) in [7, 11) is 0. The molecule has 0 fully saturated rings. The second-order valence-corrected chi connectivity index (χ2v) is 5.05. The van der Waals surface area contributed by atoms with Crippen molar-refractivity contribution in [3.05, 3.63) is 40.8 Å². The summed E-state index contributed by atoms with van der Waals surface area (Å²) in [5.74, 6) is 1.37. The van der Waals surface area contributed by atoms with Crippen LogP contribution < -0.4 is 11.1 Å². The molecule has 0 aliphatic heterocycles. The van der Waals surface area contributed by atoms with Gasteiger partial charge in [-0.3, -0.25) is 0 Å². The van der Waals surface area contributed by atoms with E-state index < -0.39 is 0 Å². The van der Waals surface area contributed by atoms with Crippen molar-refractivity contribution in [3.63, 3.8) is 0 Å². The third kappa shape index (κ3) is 2.57. The molecular weight excluding hydrogens is 322 g/mol. The van der Waals surface area contributed by atoms with Crippen LogP contribution in [0.2, 0.25) is 0 Å². The topological polar surface area (TPSA) is 89.9 Å². The fourth-order valence-corrected chi connectivity index (χ4v) is 2.26. The Kier molecular flexibility index (Phi) is 3.27. The smallest absolute Gasteiger partial charge is 0.229 e. The van der Waals surface area contributed by atoms with Crippen LogP contribution in [0.5, 0.6) is 0 Å². The number of anilines is 2. The normalized spacial score (nSPS) is 12.5. The highest BCUT2D eigenvalue weighted by atomic mass is 79.9. The lowest BCUT2D eigenvalue weighted by Crippen LogP contribution is -2.10. The number of nitrogen functional groups attached to an aromatic ring is 1. The van der Waals surface area contributed by atoms with Crippen LogP contribution in [0.15, 0.2) is 39.5 Å². The fourth-order valence-electron chi connectivity index (χ4n) is 1.91. The number of nitrogens with one attached hydrogen (secondary N) is 1. The molecule has 20 heavy (non-hydrogen) atoms. The Morgan fingerprint density at radius 3 is 2.80 bits per heavy atom. The Hall–Kier alpha value is -2.15. The van der Waals surface area contributed by atoms with Gasteiger partial charge >= 0.3 is 0 Å². The molecule has 3 rings (SSSR count). The minimum absolute atomic E-state index is 0.0869. The molecule has 1 unspecified atom stereocenters. The molecule has 0 saturated carbocycles. The lowest BCUT2D eigenvalue weighted by Gasteiger charge is -2.11. The highest BCUT2D eigenvalue weighted by Gasteiger charge is 2.13. The molecular formula is C13H12BrN5O. The minimum atomic E-state index is -0.0869. The molecule has 1 aromatic carbocycles. The standard InChI is InChI=1S/C13H12BrN5O/c1-7(16-13-18-11(14)17-12(15)19-13)10-6-8-4-2-3-5-9(8)20-10/h2-7H,1H3,(H3,15,16,17,18,19).